The third kappa shape index (κ3) is 5.39. The number of hydrogen-bond acceptors (Lipinski definition) is 4. The van der Waals surface area contributed by atoms with Crippen molar-refractivity contribution in [2.45, 2.75) is 6.92 Å². The zero-order valence-electron chi connectivity index (χ0n) is 16.1. The number of furan rings is 1. The van der Waals surface area contributed by atoms with E-state index < -0.39 is 0 Å². The second kappa shape index (κ2) is 9.30. The van der Waals surface area contributed by atoms with Gasteiger partial charge in [0.2, 0.25) is 0 Å². The first-order valence-electron chi connectivity index (χ1n) is 9.03. The Bertz CT molecular complexity index is 985. The number of carbonyl (C=O) groups is 2. The first kappa shape index (κ1) is 20.5. The van der Waals surface area contributed by atoms with E-state index in [1.807, 2.05) is 6.92 Å². The maximum absolute atomic E-state index is 12.7. The second-order valence-corrected chi connectivity index (χ2v) is 6.93. The monoisotopic (exact) mass is 412 g/mol. The van der Waals surface area contributed by atoms with Gasteiger partial charge in [-0.3, -0.25) is 9.59 Å². The molecule has 0 radical (unpaired) electrons. The second-order valence-electron chi connectivity index (χ2n) is 6.49. The minimum absolute atomic E-state index is 0.168. The molecule has 0 aliphatic carbocycles. The number of halogens is 1. The molecule has 3 aromatic rings. The fourth-order valence-electron chi connectivity index (χ4n) is 2.63. The number of nitrogens with zero attached hydrogens (tertiary/aromatic N) is 1. The molecule has 1 aromatic heterocycles. The van der Waals surface area contributed by atoms with Crippen LogP contribution in [0, 0.1) is 6.92 Å². The molecule has 3 rings (SSSR count). The molecule has 1 heterocycles. The Morgan fingerprint density at radius 2 is 1.90 bits per heavy atom. The fraction of sp³-hybridized carbons (Fsp3) is 0.182. The van der Waals surface area contributed by atoms with Crippen molar-refractivity contribution in [2.24, 2.45) is 0 Å². The molecule has 0 aliphatic rings. The Morgan fingerprint density at radius 3 is 2.59 bits per heavy atom. The van der Waals surface area contributed by atoms with Gasteiger partial charge in [0.05, 0.1) is 12.8 Å². The van der Waals surface area contributed by atoms with E-state index in [1.54, 1.807) is 66.5 Å². The first-order chi connectivity index (χ1) is 13.9. The third-order valence-corrected chi connectivity index (χ3v) is 4.59. The van der Waals surface area contributed by atoms with Gasteiger partial charge in [-0.25, -0.2) is 0 Å². The quantitative estimate of drug-likeness (QED) is 0.613. The number of ether oxygens (including phenoxy) is 1. The SMILES string of the molecule is Cc1ccc(C(=O)N(C)CCOc2ccc(Cl)cc2)cc1NC(=O)c1ccco1. The smallest absolute Gasteiger partial charge is 0.291 e. The molecular weight excluding hydrogens is 392 g/mol. The van der Waals surface area contributed by atoms with Crippen molar-refractivity contribution < 1.29 is 18.7 Å². The number of hydrogen-bond donors (Lipinski definition) is 1. The molecule has 150 valence electrons. The number of aryl methyl sites for hydroxylation is 1. The summed E-state index contributed by atoms with van der Waals surface area (Å²) in [5.74, 6) is 0.358. The van der Waals surface area contributed by atoms with Crippen LogP contribution in [0.1, 0.15) is 26.5 Å². The Kier molecular flexibility index (Phi) is 6.57. The molecule has 0 spiro atoms. The topological polar surface area (TPSA) is 71.8 Å². The number of nitrogens with one attached hydrogen (secondary N) is 1. The van der Waals surface area contributed by atoms with E-state index in [1.165, 1.54) is 6.26 Å². The molecule has 0 saturated heterocycles. The summed E-state index contributed by atoms with van der Waals surface area (Å²) in [4.78, 5) is 26.5. The molecule has 0 saturated carbocycles. The summed E-state index contributed by atoms with van der Waals surface area (Å²) in [6, 6.07) is 15.5. The van der Waals surface area contributed by atoms with E-state index in [-0.39, 0.29) is 17.6 Å². The van der Waals surface area contributed by atoms with Crippen LogP contribution in [-0.2, 0) is 0 Å². The average molecular weight is 413 g/mol. The van der Waals surface area contributed by atoms with Crippen molar-refractivity contribution >= 4 is 29.1 Å². The summed E-state index contributed by atoms with van der Waals surface area (Å²) in [6.07, 6.45) is 1.43. The van der Waals surface area contributed by atoms with Crippen LogP contribution in [0.5, 0.6) is 5.75 Å². The number of benzene rings is 2. The number of rotatable bonds is 7. The summed E-state index contributed by atoms with van der Waals surface area (Å²) in [6.45, 7) is 2.61. The number of likely N-dealkylation sites (N-methyl/N-ethyl adjacent to an activating group) is 1. The lowest BCUT2D eigenvalue weighted by atomic mass is 10.1. The molecule has 1 N–H and O–H groups in total. The van der Waals surface area contributed by atoms with Crippen LogP contribution in [-0.4, -0.2) is 36.9 Å². The van der Waals surface area contributed by atoms with Crippen molar-refractivity contribution in [2.75, 3.05) is 25.5 Å². The molecule has 2 amide bonds. The predicted octanol–water partition coefficient (Wildman–Crippen LogP) is 4.64. The molecule has 2 aromatic carbocycles. The van der Waals surface area contributed by atoms with Crippen LogP contribution in [0.3, 0.4) is 0 Å². The van der Waals surface area contributed by atoms with Crippen LogP contribution in [0.2, 0.25) is 5.02 Å². The normalized spacial score (nSPS) is 10.4. The van der Waals surface area contributed by atoms with Crippen LogP contribution in [0.25, 0.3) is 0 Å². The maximum Gasteiger partial charge on any atom is 0.291 e. The highest BCUT2D eigenvalue weighted by Gasteiger charge is 2.15. The molecule has 6 nitrogen and oxygen atoms in total. The summed E-state index contributed by atoms with van der Waals surface area (Å²) >= 11 is 5.85. The molecule has 0 aliphatic heterocycles. The van der Waals surface area contributed by atoms with Crippen molar-refractivity contribution in [1.82, 2.24) is 4.90 Å². The fourth-order valence-corrected chi connectivity index (χ4v) is 2.76. The van der Waals surface area contributed by atoms with Gasteiger partial charge in [0, 0.05) is 23.3 Å². The highest BCUT2D eigenvalue weighted by atomic mass is 35.5. The van der Waals surface area contributed by atoms with Gasteiger partial charge < -0.3 is 19.4 Å². The van der Waals surface area contributed by atoms with Crippen LogP contribution in [0.4, 0.5) is 5.69 Å². The van der Waals surface area contributed by atoms with E-state index in [9.17, 15) is 9.59 Å². The lowest BCUT2D eigenvalue weighted by Crippen LogP contribution is -2.31. The van der Waals surface area contributed by atoms with Crippen molar-refractivity contribution in [1.29, 1.82) is 0 Å². The molecule has 0 bridgehead atoms. The van der Waals surface area contributed by atoms with Crippen LogP contribution >= 0.6 is 11.6 Å². The van der Waals surface area contributed by atoms with Gasteiger partial charge in [0.1, 0.15) is 12.4 Å². The summed E-state index contributed by atoms with van der Waals surface area (Å²) in [5.41, 5.74) is 1.87. The lowest BCUT2D eigenvalue weighted by molar-refractivity contribution is 0.0773. The molecule has 29 heavy (non-hydrogen) atoms. The minimum atomic E-state index is -0.368. The Hall–Kier alpha value is -3.25. The molecular formula is C22H21ClN2O4. The van der Waals surface area contributed by atoms with Crippen molar-refractivity contribution in [3.8, 4) is 5.75 Å². The summed E-state index contributed by atoms with van der Waals surface area (Å²) in [5, 5.41) is 3.42. The van der Waals surface area contributed by atoms with Gasteiger partial charge in [-0.15, -0.1) is 0 Å². The third-order valence-electron chi connectivity index (χ3n) is 4.33. The highest BCUT2D eigenvalue weighted by Crippen LogP contribution is 2.19. The van der Waals surface area contributed by atoms with Crippen molar-refractivity contribution in [3.63, 3.8) is 0 Å². The minimum Gasteiger partial charge on any atom is -0.492 e. The molecule has 7 heteroatoms. The standard InChI is InChI=1S/C22H21ClN2O4/c1-15-5-6-16(14-19(15)24-21(26)20-4-3-12-29-20)22(27)25(2)11-13-28-18-9-7-17(23)8-10-18/h3-10,12,14H,11,13H2,1-2H3,(H,24,26). The summed E-state index contributed by atoms with van der Waals surface area (Å²) in [7, 11) is 1.70. The van der Waals surface area contributed by atoms with E-state index in [0.717, 1.165) is 5.56 Å². The summed E-state index contributed by atoms with van der Waals surface area (Å²) < 4.78 is 10.7. The van der Waals surface area contributed by atoms with Gasteiger partial charge in [-0.1, -0.05) is 17.7 Å². The average Bonchev–Trinajstić information content (AvgIpc) is 3.25. The Labute approximate surface area is 174 Å². The largest absolute Gasteiger partial charge is 0.492 e. The zero-order valence-corrected chi connectivity index (χ0v) is 16.9. The van der Waals surface area contributed by atoms with E-state index >= 15 is 0 Å². The van der Waals surface area contributed by atoms with Gasteiger partial charge in [-0.05, 0) is 61.0 Å². The molecule has 0 fully saturated rings. The number of carbonyl (C=O) groups excluding carboxylic acids is 2. The van der Waals surface area contributed by atoms with E-state index in [4.69, 9.17) is 20.8 Å². The highest BCUT2D eigenvalue weighted by molar-refractivity contribution is 6.30. The van der Waals surface area contributed by atoms with Crippen molar-refractivity contribution in [3.05, 3.63) is 82.8 Å². The molecule has 0 atom stereocenters. The van der Waals surface area contributed by atoms with Crippen LogP contribution in [0.15, 0.2) is 65.3 Å². The van der Waals surface area contributed by atoms with Gasteiger partial charge in [0.15, 0.2) is 5.76 Å². The van der Waals surface area contributed by atoms with Gasteiger partial charge in [-0.2, -0.15) is 0 Å². The maximum atomic E-state index is 12.7. The lowest BCUT2D eigenvalue weighted by Gasteiger charge is -2.18. The van der Waals surface area contributed by atoms with E-state index in [0.29, 0.717) is 35.2 Å². The number of anilines is 1. The van der Waals surface area contributed by atoms with E-state index in [2.05, 4.69) is 5.32 Å². The Morgan fingerprint density at radius 1 is 1.14 bits per heavy atom. The van der Waals surface area contributed by atoms with Crippen LogP contribution < -0.4 is 10.1 Å². The Balaban J connectivity index is 1.60. The number of amides is 2. The zero-order chi connectivity index (χ0) is 20.8. The molecule has 0 unspecified atom stereocenters. The predicted molar refractivity (Wildman–Crippen MR) is 112 cm³/mol. The first-order valence-corrected chi connectivity index (χ1v) is 9.41. The van der Waals surface area contributed by atoms with Gasteiger partial charge in [0.25, 0.3) is 11.8 Å². The van der Waals surface area contributed by atoms with Gasteiger partial charge >= 0.3 is 0 Å².